The fraction of sp³-hybridized carbons (Fsp3) is 0.667. The number of aromatic nitrogens is 4. The van der Waals surface area contributed by atoms with Crippen molar-refractivity contribution in [3.63, 3.8) is 0 Å². The predicted octanol–water partition coefficient (Wildman–Crippen LogP) is 5.15. The van der Waals surface area contributed by atoms with Crippen molar-refractivity contribution in [2.45, 2.75) is 83.8 Å². The molecule has 2 N–H and O–H groups in total. The summed E-state index contributed by atoms with van der Waals surface area (Å²) in [6, 6.07) is 2.05. The van der Waals surface area contributed by atoms with Crippen LogP contribution in [0.2, 0.25) is 0 Å². The molecule has 0 bridgehead atoms. The highest BCUT2D eigenvalue weighted by Gasteiger charge is 2.40. The Kier molecular flexibility index (Phi) is 8.96. The number of rotatable bonds is 9. The lowest BCUT2D eigenvalue weighted by atomic mass is 9.97. The minimum atomic E-state index is -1.25. The van der Waals surface area contributed by atoms with Crippen molar-refractivity contribution in [3.05, 3.63) is 30.3 Å². The Hall–Kier alpha value is -2.96. The van der Waals surface area contributed by atoms with E-state index in [1.807, 2.05) is 50.5 Å². The number of fused-ring (bicyclic) bond motifs is 1. The molecule has 42 heavy (non-hydrogen) atoms. The van der Waals surface area contributed by atoms with Crippen molar-refractivity contribution in [1.82, 2.24) is 24.4 Å². The second kappa shape index (κ2) is 12.3. The quantitative estimate of drug-likeness (QED) is 0.322. The molecule has 2 aliphatic rings. The Morgan fingerprint density at radius 3 is 2.67 bits per heavy atom. The van der Waals surface area contributed by atoms with Crippen LogP contribution in [0, 0.1) is 11.8 Å². The molecule has 3 aromatic rings. The Balaban J connectivity index is 1.34. The van der Waals surface area contributed by atoms with Gasteiger partial charge in [0, 0.05) is 39.4 Å². The minimum absolute atomic E-state index is 0.0131. The zero-order chi connectivity index (χ0) is 30.1. The third kappa shape index (κ3) is 7.33. The van der Waals surface area contributed by atoms with Gasteiger partial charge in [0.15, 0.2) is 5.79 Å². The summed E-state index contributed by atoms with van der Waals surface area (Å²) >= 11 is 1.64. The maximum atomic E-state index is 12.8. The number of carbonyl (C=O) groups excluding carboxylic acids is 1. The zero-order valence-corrected chi connectivity index (χ0v) is 26.4. The average Bonchev–Trinajstić information content (AvgIpc) is 3.66. The first-order chi connectivity index (χ1) is 19.9. The Labute approximate surface area is 252 Å². The monoisotopic (exact) mass is 599 g/mol. The van der Waals surface area contributed by atoms with Crippen molar-refractivity contribution in [2.75, 3.05) is 43.4 Å². The van der Waals surface area contributed by atoms with Crippen LogP contribution in [-0.4, -0.2) is 86.3 Å². The van der Waals surface area contributed by atoms with Crippen LogP contribution >= 0.6 is 11.3 Å². The molecule has 1 saturated carbocycles. The number of piperidine rings is 1. The van der Waals surface area contributed by atoms with Gasteiger partial charge < -0.3 is 34.3 Å². The fourth-order valence-electron chi connectivity index (χ4n) is 6.40. The van der Waals surface area contributed by atoms with Gasteiger partial charge in [-0.15, -0.1) is 11.3 Å². The van der Waals surface area contributed by atoms with E-state index in [2.05, 4.69) is 35.9 Å². The third-order valence-corrected chi connectivity index (χ3v) is 8.80. The van der Waals surface area contributed by atoms with Gasteiger partial charge in [-0.1, -0.05) is 0 Å². The van der Waals surface area contributed by atoms with Crippen molar-refractivity contribution < 1.29 is 19.4 Å². The first kappa shape index (κ1) is 30.5. The summed E-state index contributed by atoms with van der Waals surface area (Å²) < 4.78 is 14.1. The van der Waals surface area contributed by atoms with E-state index >= 15 is 0 Å². The van der Waals surface area contributed by atoms with Crippen LogP contribution in [0.25, 0.3) is 11.0 Å². The van der Waals surface area contributed by atoms with E-state index in [0.717, 1.165) is 67.2 Å². The summed E-state index contributed by atoms with van der Waals surface area (Å²) in [4.78, 5) is 30.5. The van der Waals surface area contributed by atoms with Crippen LogP contribution in [0.4, 0.5) is 15.6 Å². The summed E-state index contributed by atoms with van der Waals surface area (Å²) in [5.41, 5.74) is 2.22. The number of nitrogens with one attached hydrogen (secondary N) is 1. The SMILES string of the molecule is CNc1ncnc2c1ccn2[C@@H]1C[C@H](CN(CC2CCCN(C(=O)OC(C)(C)C)C2)c2cncs2)CC1OC(C)(C)O. The zero-order valence-electron chi connectivity index (χ0n) is 25.6. The molecule has 4 heterocycles. The highest BCUT2D eigenvalue weighted by atomic mass is 32.1. The van der Waals surface area contributed by atoms with Gasteiger partial charge in [0.1, 0.15) is 28.4 Å². The van der Waals surface area contributed by atoms with E-state index in [0.29, 0.717) is 18.4 Å². The number of anilines is 2. The van der Waals surface area contributed by atoms with Crippen LogP contribution < -0.4 is 10.2 Å². The van der Waals surface area contributed by atoms with E-state index in [4.69, 9.17) is 9.47 Å². The van der Waals surface area contributed by atoms with E-state index in [-0.39, 0.29) is 18.2 Å². The van der Waals surface area contributed by atoms with E-state index in [1.165, 1.54) is 0 Å². The Morgan fingerprint density at radius 1 is 1.19 bits per heavy atom. The largest absolute Gasteiger partial charge is 0.444 e. The smallest absolute Gasteiger partial charge is 0.410 e. The van der Waals surface area contributed by atoms with Gasteiger partial charge in [0.25, 0.3) is 0 Å². The first-order valence-corrected chi connectivity index (χ1v) is 15.8. The van der Waals surface area contributed by atoms with Gasteiger partial charge in [-0.2, -0.15) is 0 Å². The lowest BCUT2D eigenvalue weighted by Crippen LogP contribution is -2.46. The van der Waals surface area contributed by atoms with Gasteiger partial charge in [-0.05, 0) is 78.2 Å². The number of hydrogen-bond donors (Lipinski definition) is 2. The summed E-state index contributed by atoms with van der Waals surface area (Å²) in [5, 5.41) is 15.9. The Bertz CT molecular complexity index is 1330. The number of amides is 1. The molecule has 12 heteroatoms. The summed E-state index contributed by atoms with van der Waals surface area (Å²) in [5.74, 6) is 0.186. The van der Waals surface area contributed by atoms with Crippen molar-refractivity contribution in [3.8, 4) is 0 Å². The normalized spacial score (nSPS) is 23.4. The second-order valence-corrected chi connectivity index (χ2v) is 14.0. The van der Waals surface area contributed by atoms with Crippen LogP contribution in [-0.2, 0) is 9.47 Å². The van der Waals surface area contributed by atoms with Crippen LogP contribution in [0.1, 0.15) is 66.3 Å². The van der Waals surface area contributed by atoms with E-state index in [1.54, 1.807) is 31.5 Å². The number of carbonyl (C=O) groups is 1. The molecule has 0 aromatic carbocycles. The van der Waals surface area contributed by atoms with Gasteiger partial charge in [-0.3, -0.25) is 4.98 Å². The molecule has 5 rings (SSSR count). The second-order valence-electron chi connectivity index (χ2n) is 13.1. The van der Waals surface area contributed by atoms with Crippen molar-refractivity contribution in [1.29, 1.82) is 0 Å². The molecule has 2 fully saturated rings. The lowest BCUT2D eigenvalue weighted by Gasteiger charge is -2.37. The van der Waals surface area contributed by atoms with Gasteiger partial charge in [0.2, 0.25) is 0 Å². The molecule has 1 saturated heterocycles. The maximum absolute atomic E-state index is 12.8. The van der Waals surface area contributed by atoms with E-state index in [9.17, 15) is 9.90 Å². The molecular weight excluding hydrogens is 554 g/mol. The van der Waals surface area contributed by atoms with Gasteiger partial charge >= 0.3 is 6.09 Å². The molecule has 0 radical (unpaired) electrons. The highest BCUT2D eigenvalue weighted by molar-refractivity contribution is 7.13. The topological polar surface area (TPSA) is 118 Å². The van der Waals surface area contributed by atoms with Crippen LogP contribution in [0.5, 0.6) is 0 Å². The molecular formula is C30H45N7O4S. The Morgan fingerprint density at radius 2 is 1.98 bits per heavy atom. The van der Waals surface area contributed by atoms with Crippen molar-refractivity contribution in [2.24, 2.45) is 11.8 Å². The lowest BCUT2D eigenvalue weighted by molar-refractivity contribution is -0.210. The van der Waals surface area contributed by atoms with Crippen LogP contribution in [0.15, 0.2) is 30.3 Å². The minimum Gasteiger partial charge on any atom is -0.444 e. The molecule has 4 atom stereocenters. The first-order valence-electron chi connectivity index (χ1n) is 14.9. The third-order valence-electron chi connectivity index (χ3n) is 7.97. The summed E-state index contributed by atoms with van der Waals surface area (Å²) in [6.07, 6.45) is 8.88. The molecule has 0 spiro atoms. The predicted molar refractivity (Wildman–Crippen MR) is 165 cm³/mol. The van der Waals surface area contributed by atoms with Gasteiger partial charge in [0.05, 0.1) is 29.2 Å². The molecule has 11 nitrogen and oxygen atoms in total. The van der Waals surface area contributed by atoms with Gasteiger partial charge in [-0.25, -0.2) is 14.8 Å². The molecule has 1 aliphatic heterocycles. The summed E-state index contributed by atoms with van der Waals surface area (Å²) in [6.45, 7) is 12.2. The fourth-order valence-corrected chi connectivity index (χ4v) is 7.05. The molecule has 1 amide bonds. The number of hydrogen-bond acceptors (Lipinski definition) is 10. The molecule has 1 aliphatic carbocycles. The number of aliphatic hydroxyl groups is 1. The number of ether oxygens (including phenoxy) is 2. The maximum Gasteiger partial charge on any atom is 0.410 e. The highest BCUT2D eigenvalue weighted by Crippen LogP contribution is 2.42. The standard InChI is InChI=1S/C30H45N7O4S/c1-29(2,3)41-28(38)35-10-7-8-20(15-35)16-36(25-14-32-19-42-25)17-21-12-23(24(13-21)40-30(4,5)39)37-11-9-22-26(31-6)33-18-34-27(22)37/h9,11,14,18-21,23-24,39H,7-8,10,12-13,15-17H2,1-6H3,(H,31,33,34)/t20?,21-,23+,24?/m0/s1. The number of likely N-dealkylation sites (tertiary alicyclic amines) is 1. The molecule has 230 valence electrons. The number of nitrogens with zero attached hydrogens (tertiary/aromatic N) is 6. The van der Waals surface area contributed by atoms with Crippen molar-refractivity contribution >= 4 is 39.3 Å². The summed E-state index contributed by atoms with van der Waals surface area (Å²) in [7, 11) is 1.86. The van der Waals surface area contributed by atoms with Crippen LogP contribution in [0.3, 0.4) is 0 Å². The number of thiazole rings is 1. The molecule has 2 unspecified atom stereocenters. The molecule has 3 aromatic heterocycles. The average molecular weight is 600 g/mol. The van der Waals surface area contributed by atoms with E-state index < -0.39 is 11.4 Å².